The fourth-order valence-corrected chi connectivity index (χ4v) is 13.5. The van der Waals surface area contributed by atoms with Crippen LogP contribution in [0.25, 0.3) is 0 Å². The molecule has 6 atom stereocenters. The molecule has 3 unspecified atom stereocenters. The Morgan fingerprint density at radius 1 is 0.299 bits per heavy atom. The lowest BCUT2D eigenvalue weighted by molar-refractivity contribution is -0.161. The molecular formula is C78H152O17P2. The Labute approximate surface area is 594 Å². The fourth-order valence-electron chi connectivity index (χ4n) is 11.9. The molecule has 0 aromatic heterocycles. The van der Waals surface area contributed by atoms with E-state index in [9.17, 15) is 43.2 Å². The molecule has 0 fully saturated rings. The van der Waals surface area contributed by atoms with E-state index in [0.29, 0.717) is 25.7 Å². The van der Waals surface area contributed by atoms with Crippen molar-refractivity contribution in [3.8, 4) is 0 Å². The highest BCUT2D eigenvalue weighted by Gasteiger charge is 2.30. The Bertz CT molecular complexity index is 1890. The van der Waals surface area contributed by atoms with Crippen molar-refractivity contribution in [3.63, 3.8) is 0 Å². The van der Waals surface area contributed by atoms with E-state index in [1.54, 1.807) is 0 Å². The standard InChI is InChI=1S/C78H152O17P2/c1-8-10-11-12-13-14-15-16-17-18-19-20-21-22-23-24-25-28-32-38-47-54-61-77(82)94-73(65-88-75(80)59-52-45-37-31-29-26-27-30-35-42-49-56-69(3)4)67-92-96(84,85)90-63-72(79)64-91-97(86,87)93-68-74(66-89-76(81)60-53-46-41-40-44-51-58-71(7)9-2)95-78(83)62-55-48-39-34-33-36-43-50-57-70(5)6/h69-74,79H,8-68H2,1-7H3,(H,84,85)(H,86,87)/t71?,72-,73-,74-/m1/s1. The number of carbonyl (C=O) groups is 4. The van der Waals surface area contributed by atoms with Gasteiger partial charge in [-0.1, -0.05) is 350 Å². The third kappa shape index (κ3) is 70.9. The van der Waals surface area contributed by atoms with Crippen molar-refractivity contribution in [3.05, 3.63) is 0 Å². The first-order valence-corrected chi connectivity index (χ1v) is 43.4. The Morgan fingerprint density at radius 2 is 0.526 bits per heavy atom. The normalized spacial score (nSPS) is 14.3. The molecule has 0 heterocycles. The van der Waals surface area contributed by atoms with Crippen LogP contribution in [0.15, 0.2) is 0 Å². The van der Waals surface area contributed by atoms with E-state index in [4.69, 9.17) is 37.0 Å². The molecule has 576 valence electrons. The number of phosphoric ester groups is 2. The number of hydrogen-bond donors (Lipinski definition) is 3. The predicted molar refractivity (Wildman–Crippen MR) is 395 cm³/mol. The van der Waals surface area contributed by atoms with Gasteiger partial charge in [0.25, 0.3) is 0 Å². The quantitative estimate of drug-likeness (QED) is 0.0222. The number of carbonyl (C=O) groups excluding carboxylic acids is 4. The van der Waals surface area contributed by atoms with Gasteiger partial charge in [0, 0.05) is 25.7 Å². The Balaban J connectivity index is 5.19. The van der Waals surface area contributed by atoms with E-state index in [2.05, 4.69) is 48.5 Å². The van der Waals surface area contributed by atoms with E-state index < -0.39 is 97.5 Å². The summed E-state index contributed by atoms with van der Waals surface area (Å²) in [6.07, 6.45) is 55.8. The molecule has 17 nitrogen and oxygen atoms in total. The Morgan fingerprint density at radius 3 is 0.784 bits per heavy atom. The smallest absolute Gasteiger partial charge is 0.462 e. The molecule has 0 rings (SSSR count). The maximum absolute atomic E-state index is 13.1. The summed E-state index contributed by atoms with van der Waals surface area (Å²) in [6.45, 7) is 11.8. The van der Waals surface area contributed by atoms with Gasteiger partial charge >= 0.3 is 39.5 Å². The minimum Gasteiger partial charge on any atom is -0.462 e. The molecule has 0 spiro atoms. The van der Waals surface area contributed by atoms with E-state index in [1.807, 2.05) is 0 Å². The molecule has 0 aliphatic rings. The maximum atomic E-state index is 13.1. The van der Waals surface area contributed by atoms with Crippen molar-refractivity contribution in [2.75, 3.05) is 39.6 Å². The first-order chi connectivity index (χ1) is 46.8. The van der Waals surface area contributed by atoms with E-state index in [0.717, 1.165) is 114 Å². The van der Waals surface area contributed by atoms with Crippen LogP contribution in [-0.4, -0.2) is 96.7 Å². The van der Waals surface area contributed by atoms with Crippen LogP contribution in [0, 0.1) is 17.8 Å². The highest BCUT2D eigenvalue weighted by Crippen LogP contribution is 2.45. The lowest BCUT2D eigenvalue weighted by atomic mass is 10.00. The van der Waals surface area contributed by atoms with Gasteiger partial charge in [0.05, 0.1) is 26.4 Å². The van der Waals surface area contributed by atoms with Crippen LogP contribution in [-0.2, 0) is 65.4 Å². The van der Waals surface area contributed by atoms with Gasteiger partial charge in [-0.2, -0.15) is 0 Å². The molecule has 0 aliphatic carbocycles. The van der Waals surface area contributed by atoms with Crippen molar-refractivity contribution < 1.29 is 80.2 Å². The average molecular weight is 1420 g/mol. The number of phosphoric acid groups is 2. The van der Waals surface area contributed by atoms with Crippen molar-refractivity contribution in [2.45, 2.75) is 420 Å². The molecular weight excluding hydrogens is 1270 g/mol. The molecule has 19 heteroatoms. The van der Waals surface area contributed by atoms with Gasteiger partial charge in [-0.05, 0) is 43.4 Å². The molecule has 97 heavy (non-hydrogen) atoms. The van der Waals surface area contributed by atoms with Crippen LogP contribution in [0.5, 0.6) is 0 Å². The monoisotopic (exact) mass is 1420 g/mol. The summed E-state index contributed by atoms with van der Waals surface area (Å²) in [5.41, 5.74) is 0. The van der Waals surface area contributed by atoms with Crippen molar-refractivity contribution >= 4 is 39.5 Å². The average Bonchev–Trinajstić information content (AvgIpc) is 1.77. The number of rotatable bonds is 76. The van der Waals surface area contributed by atoms with Crippen LogP contribution >= 0.6 is 15.6 Å². The maximum Gasteiger partial charge on any atom is 0.472 e. The summed E-state index contributed by atoms with van der Waals surface area (Å²) < 4.78 is 68.5. The highest BCUT2D eigenvalue weighted by molar-refractivity contribution is 7.47. The Kier molecular flexibility index (Phi) is 67.1. The predicted octanol–water partition coefficient (Wildman–Crippen LogP) is 23.0. The van der Waals surface area contributed by atoms with Crippen LogP contribution in [0.4, 0.5) is 0 Å². The van der Waals surface area contributed by atoms with Gasteiger partial charge in [-0.3, -0.25) is 37.3 Å². The number of aliphatic hydroxyl groups is 1. The topological polar surface area (TPSA) is 237 Å². The van der Waals surface area contributed by atoms with Crippen molar-refractivity contribution in [1.29, 1.82) is 0 Å². The lowest BCUT2D eigenvalue weighted by Crippen LogP contribution is -2.30. The molecule has 0 aliphatic heterocycles. The molecule has 3 N–H and O–H groups in total. The zero-order valence-corrected chi connectivity index (χ0v) is 65.3. The number of unbranched alkanes of at least 4 members (excludes halogenated alkanes) is 43. The largest absolute Gasteiger partial charge is 0.472 e. The van der Waals surface area contributed by atoms with Gasteiger partial charge in [0.2, 0.25) is 0 Å². The summed E-state index contributed by atoms with van der Waals surface area (Å²) in [4.78, 5) is 72.8. The second-order valence-corrected chi connectivity index (χ2v) is 32.2. The number of ether oxygens (including phenoxy) is 4. The van der Waals surface area contributed by atoms with Gasteiger partial charge < -0.3 is 33.8 Å². The van der Waals surface area contributed by atoms with Crippen LogP contribution < -0.4 is 0 Å². The van der Waals surface area contributed by atoms with E-state index in [1.165, 1.54) is 205 Å². The first kappa shape index (κ1) is 95.1. The second kappa shape index (κ2) is 68.5. The summed E-state index contributed by atoms with van der Waals surface area (Å²) in [5, 5.41) is 10.6. The summed E-state index contributed by atoms with van der Waals surface area (Å²) in [7, 11) is -9.91. The summed E-state index contributed by atoms with van der Waals surface area (Å²) in [6, 6.07) is 0. The third-order valence-electron chi connectivity index (χ3n) is 18.5. The molecule has 0 saturated carbocycles. The zero-order valence-electron chi connectivity index (χ0n) is 63.5. The van der Waals surface area contributed by atoms with Gasteiger partial charge in [0.15, 0.2) is 12.2 Å². The van der Waals surface area contributed by atoms with Crippen molar-refractivity contribution in [2.24, 2.45) is 17.8 Å². The van der Waals surface area contributed by atoms with Crippen LogP contribution in [0.1, 0.15) is 402 Å². The molecule has 0 bridgehead atoms. The van der Waals surface area contributed by atoms with E-state index in [-0.39, 0.29) is 25.7 Å². The minimum atomic E-state index is -4.96. The van der Waals surface area contributed by atoms with E-state index >= 15 is 0 Å². The fraction of sp³-hybridized carbons (Fsp3) is 0.949. The van der Waals surface area contributed by atoms with Gasteiger partial charge in [-0.25, -0.2) is 9.13 Å². The first-order valence-electron chi connectivity index (χ1n) is 40.4. The van der Waals surface area contributed by atoms with Crippen molar-refractivity contribution in [1.82, 2.24) is 0 Å². The molecule has 0 radical (unpaired) electrons. The minimum absolute atomic E-state index is 0.104. The third-order valence-corrected chi connectivity index (χ3v) is 20.4. The van der Waals surface area contributed by atoms with Crippen LogP contribution in [0.2, 0.25) is 0 Å². The SMILES string of the molecule is CCCCCCCCCCCCCCCCCCCCCCCCC(=O)O[C@H](COC(=O)CCCCCCCCCCCCCC(C)C)COP(=O)(O)OC[C@@H](O)COP(=O)(O)OC[C@@H](COC(=O)CCCCCCCCC(C)CC)OC(=O)CCCCCCCCCCC(C)C. The summed E-state index contributed by atoms with van der Waals surface area (Å²) >= 11 is 0. The molecule has 0 saturated heterocycles. The zero-order chi connectivity index (χ0) is 71.6. The lowest BCUT2D eigenvalue weighted by Gasteiger charge is -2.21. The molecule has 0 amide bonds. The highest BCUT2D eigenvalue weighted by atomic mass is 31.2. The number of esters is 4. The molecule has 0 aromatic carbocycles. The number of hydrogen-bond acceptors (Lipinski definition) is 15. The van der Waals surface area contributed by atoms with Crippen LogP contribution in [0.3, 0.4) is 0 Å². The Hall–Kier alpha value is -1.94. The second-order valence-electron chi connectivity index (χ2n) is 29.3. The van der Waals surface area contributed by atoms with Gasteiger partial charge in [-0.15, -0.1) is 0 Å². The summed E-state index contributed by atoms with van der Waals surface area (Å²) in [5.74, 6) is 0.0996. The van der Waals surface area contributed by atoms with Gasteiger partial charge in [0.1, 0.15) is 19.3 Å². The molecule has 0 aromatic rings. The number of aliphatic hydroxyl groups excluding tert-OH is 1.